The van der Waals surface area contributed by atoms with Crippen LogP contribution < -0.4 is 9.54 Å². The first-order chi connectivity index (χ1) is 15.3. The first-order valence-electron chi connectivity index (χ1n) is 9.80. The van der Waals surface area contributed by atoms with E-state index in [0.717, 1.165) is 21.0 Å². The van der Waals surface area contributed by atoms with Gasteiger partial charge in [-0.3, -0.25) is 4.79 Å². The molecule has 0 aliphatic heterocycles. The summed E-state index contributed by atoms with van der Waals surface area (Å²) >= 11 is 1.26. The second-order valence-corrected chi connectivity index (χ2v) is 10.3. The Morgan fingerprint density at radius 2 is 1.78 bits per heavy atom. The molecule has 0 radical (unpaired) electrons. The number of benzene rings is 3. The van der Waals surface area contributed by atoms with E-state index in [2.05, 4.69) is 4.99 Å². The van der Waals surface area contributed by atoms with Gasteiger partial charge in [-0.1, -0.05) is 35.6 Å². The van der Waals surface area contributed by atoms with E-state index >= 15 is 0 Å². The maximum atomic E-state index is 13.2. The van der Waals surface area contributed by atoms with Crippen LogP contribution in [0.4, 0.5) is 0 Å². The predicted octanol–water partition coefficient (Wildman–Crippen LogP) is 3.66. The molecule has 0 aliphatic rings. The lowest BCUT2D eigenvalue weighted by Gasteiger charge is -2.08. The van der Waals surface area contributed by atoms with Crippen molar-refractivity contribution in [2.45, 2.75) is 11.4 Å². The molecule has 0 aliphatic carbocycles. The van der Waals surface area contributed by atoms with Gasteiger partial charge in [0, 0.05) is 19.9 Å². The third kappa shape index (κ3) is 4.32. The summed E-state index contributed by atoms with van der Waals surface area (Å²) in [6, 6.07) is 16.2. The number of hydrogen-bond acceptors (Lipinski definition) is 6. The molecule has 0 fully saturated rings. The summed E-state index contributed by atoms with van der Waals surface area (Å²) < 4.78 is 37.2. The van der Waals surface area contributed by atoms with Crippen molar-refractivity contribution in [3.8, 4) is 5.75 Å². The Labute approximate surface area is 189 Å². The Balaban J connectivity index is 1.88. The zero-order valence-corrected chi connectivity index (χ0v) is 19.5. The van der Waals surface area contributed by atoms with E-state index in [-0.39, 0.29) is 4.90 Å². The second-order valence-electron chi connectivity index (χ2n) is 7.25. The van der Waals surface area contributed by atoms with Gasteiger partial charge in [0.05, 0.1) is 34.4 Å². The summed E-state index contributed by atoms with van der Waals surface area (Å²) in [6.07, 6.45) is 1.17. The number of carbonyl (C=O) groups excluding carboxylic acids is 1. The number of methoxy groups -OCH3 is 2. The molecule has 166 valence electrons. The van der Waals surface area contributed by atoms with Gasteiger partial charge in [-0.05, 0) is 41.1 Å². The number of fused-ring (bicyclic) bond motifs is 2. The molecule has 0 spiro atoms. The summed E-state index contributed by atoms with van der Waals surface area (Å²) in [4.78, 5) is 18.3. The van der Waals surface area contributed by atoms with Gasteiger partial charge in [0.15, 0.2) is 14.6 Å². The molecule has 9 heteroatoms. The quantitative estimate of drug-likeness (QED) is 0.429. The molecule has 1 aromatic heterocycles. The van der Waals surface area contributed by atoms with E-state index in [1.54, 1.807) is 31.4 Å². The van der Waals surface area contributed by atoms with Crippen molar-refractivity contribution in [2.75, 3.05) is 27.1 Å². The highest BCUT2D eigenvalue weighted by molar-refractivity contribution is 7.90. The van der Waals surface area contributed by atoms with Crippen molar-refractivity contribution < 1.29 is 22.7 Å². The standard InChI is InChI=1S/C23H22N2O5S2/c1-29-11-10-25-19-9-8-17(32(3,27)28)14-21(19)31-23(25)24-22(26)18-12-15-6-4-5-7-16(15)13-20(18)30-2/h4-9,12-14H,10-11H2,1-3H3. The van der Waals surface area contributed by atoms with Crippen LogP contribution in [-0.2, 0) is 21.1 Å². The van der Waals surface area contributed by atoms with Crippen molar-refractivity contribution in [1.82, 2.24) is 4.57 Å². The highest BCUT2D eigenvalue weighted by Gasteiger charge is 2.16. The largest absolute Gasteiger partial charge is 0.496 e. The number of thiazole rings is 1. The Hall–Kier alpha value is -3.01. The van der Waals surface area contributed by atoms with E-state index in [4.69, 9.17) is 9.47 Å². The molecular weight excluding hydrogens is 448 g/mol. The highest BCUT2D eigenvalue weighted by Crippen LogP contribution is 2.27. The summed E-state index contributed by atoms with van der Waals surface area (Å²) in [7, 11) is -0.236. The van der Waals surface area contributed by atoms with Crippen LogP contribution in [0.2, 0.25) is 0 Å². The molecule has 1 heterocycles. The number of nitrogens with zero attached hydrogens (tertiary/aromatic N) is 2. The molecule has 1 amide bonds. The number of carbonyl (C=O) groups is 1. The topological polar surface area (TPSA) is 87.0 Å². The summed E-state index contributed by atoms with van der Waals surface area (Å²) in [5, 5.41) is 1.87. The summed E-state index contributed by atoms with van der Waals surface area (Å²) in [6.45, 7) is 0.885. The van der Waals surface area contributed by atoms with Gasteiger partial charge in [0.25, 0.3) is 5.91 Å². The van der Waals surface area contributed by atoms with Crippen LogP contribution in [0.25, 0.3) is 21.0 Å². The molecule has 4 aromatic rings. The van der Waals surface area contributed by atoms with E-state index < -0.39 is 15.7 Å². The number of aromatic nitrogens is 1. The fraction of sp³-hybridized carbons (Fsp3) is 0.217. The minimum absolute atomic E-state index is 0.221. The first kappa shape index (κ1) is 22.2. The fourth-order valence-electron chi connectivity index (χ4n) is 3.47. The molecule has 7 nitrogen and oxygen atoms in total. The van der Waals surface area contributed by atoms with E-state index in [9.17, 15) is 13.2 Å². The van der Waals surface area contributed by atoms with Gasteiger partial charge >= 0.3 is 0 Å². The lowest BCUT2D eigenvalue weighted by atomic mass is 10.1. The molecule has 0 atom stereocenters. The van der Waals surface area contributed by atoms with Gasteiger partial charge in [-0.25, -0.2) is 8.42 Å². The van der Waals surface area contributed by atoms with Crippen LogP contribution in [0.1, 0.15) is 10.4 Å². The van der Waals surface area contributed by atoms with Crippen molar-refractivity contribution >= 4 is 48.1 Å². The van der Waals surface area contributed by atoms with Gasteiger partial charge in [0.2, 0.25) is 0 Å². The van der Waals surface area contributed by atoms with Crippen molar-refractivity contribution in [1.29, 1.82) is 0 Å². The number of hydrogen-bond donors (Lipinski definition) is 0. The van der Waals surface area contributed by atoms with Crippen LogP contribution in [0, 0.1) is 0 Å². The third-order valence-corrected chi connectivity index (χ3v) is 7.25. The molecular formula is C23H22N2O5S2. The van der Waals surface area contributed by atoms with Gasteiger partial charge in [-0.2, -0.15) is 4.99 Å². The fourth-order valence-corrected chi connectivity index (χ4v) is 5.29. The minimum atomic E-state index is -3.35. The summed E-state index contributed by atoms with van der Waals surface area (Å²) in [5.41, 5.74) is 1.15. The molecule has 0 saturated carbocycles. The summed E-state index contributed by atoms with van der Waals surface area (Å²) in [5.74, 6) is 0.00929. The van der Waals surface area contributed by atoms with Crippen molar-refractivity contribution in [2.24, 2.45) is 4.99 Å². The molecule has 32 heavy (non-hydrogen) atoms. The molecule has 0 saturated heterocycles. The average Bonchev–Trinajstić information content (AvgIpc) is 3.12. The van der Waals surface area contributed by atoms with Crippen LogP contribution in [0.3, 0.4) is 0 Å². The predicted molar refractivity (Wildman–Crippen MR) is 125 cm³/mol. The van der Waals surface area contributed by atoms with Crippen LogP contribution in [-0.4, -0.2) is 46.0 Å². The molecule has 3 aromatic carbocycles. The van der Waals surface area contributed by atoms with Gasteiger partial charge in [0.1, 0.15) is 5.75 Å². The number of amides is 1. The van der Waals surface area contributed by atoms with Crippen molar-refractivity contribution in [3.05, 3.63) is 65.0 Å². The minimum Gasteiger partial charge on any atom is -0.496 e. The number of ether oxygens (including phenoxy) is 2. The van der Waals surface area contributed by atoms with E-state index in [1.807, 2.05) is 34.9 Å². The Morgan fingerprint density at radius 3 is 2.44 bits per heavy atom. The normalized spacial score (nSPS) is 12.5. The zero-order valence-electron chi connectivity index (χ0n) is 17.9. The number of rotatable bonds is 6. The van der Waals surface area contributed by atoms with Gasteiger partial charge in [-0.15, -0.1) is 0 Å². The Kier molecular flexibility index (Phi) is 6.14. The lowest BCUT2D eigenvalue weighted by Crippen LogP contribution is -2.19. The highest BCUT2D eigenvalue weighted by atomic mass is 32.2. The van der Waals surface area contributed by atoms with Crippen LogP contribution >= 0.6 is 11.3 Å². The monoisotopic (exact) mass is 470 g/mol. The molecule has 0 bridgehead atoms. The molecule has 0 N–H and O–H groups in total. The SMILES string of the molecule is COCCn1c(=NC(=O)c2cc3ccccc3cc2OC)sc2cc(S(C)(=O)=O)ccc21. The van der Waals surface area contributed by atoms with Crippen molar-refractivity contribution in [3.63, 3.8) is 0 Å². The van der Waals surface area contributed by atoms with Gasteiger partial charge < -0.3 is 14.0 Å². The average molecular weight is 471 g/mol. The van der Waals surface area contributed by atoms with Crippen LogP contribution in [0.5, 0.6) is 5.75 Å². The maximum absolute atomic E-state index is 13.2. The zero-order chi connectivity index (χ0) is 22.9. The Bertz CT molecular complexity index is 1500. The van der Waals surface area contributed by atoms with Crippen LogP contribution in [0.15, 0.2) is 64.5 Å². The second kappa shape index (κ2) is 8.85. The number of sulfone groups is 1. The van der Waals surface area contributed by atoms with E-state index in [1.165, 1.54) is 24.7 Å². The van der Waals surface area contributed by atoms with E-state index in [0.29, 0.717) is 29.3 Å². The third-order valence-electron chi connectivity index (χ3n) is 5.10. The molecule has 0 unspecified atom stereocenters. The maximum Gasteiger partial charge on any atom is 0.283 e. The smallest absolute Gasteiger partial charge is 0.283 e. The first-order valence-corrected chi connectivity index (χ1v) is 12.5. The Morgan fingerprint density at radius 1 is 1.06 bits per heavy atom. The molecule has 4 rings (SSSR count). The lowest BCUT2D eigenvalue weighted by molar-refractivity contribution is 0.0994.